The number of rotatable bonds is 5. The van der Waals surface area contributed by atoms with Gasteiger partial charge in [-0.3, -0.25) is 4.99 Å². The van der Waals surface area contributed by atoms with Gasteiger partial charge in [-0.25, -0.2) is 0 Å². The molecule has 122 valence electrons. The van der Waals surface area contributed by atoms with Crippen LogP contribution >= 0.6 is 0 Å². The third kappa shape index (κ3) is 3.73. The SMILES string of the molecule is Cc1noc(C)c1CCCN=C(N)Nc1ccc2c(c1)CCC2. The fourth-order valence-corrected chi connectivity index (χ4v) is 3.15. The molecule has 0 saturated carbocycles. The Kier molecular flexibility index (Phi) is 4.65. The predicted octanol–water partition coefficient (Wildman–Crippen LogP) is 3.14. The van der Waals surface area contributed by atoms with E-state index >= 15 is 0 Å². The molecule has 0 saturated heterocycles. The van der Waals surface area contributed by atoms with Crippen molar-refractivity contribution in [3.05, 3.63) is 46.3 Å². The predicted molar refractivity (Wildman–Crippen MR) is 92.9 cm³/mol. The van der Waals surface area contributed by atoms with Gasteiger partial charge in [-0.15, -0.1) is 0 Å². The van der Waals surface area contributed by atoms with Crippen LogP contribution in [0.2, 0.25) is 0 Å². The zero-order valence-corrected chi connectivity index (χ0v) is 13.9. The zero-order chi connectivity index (χ0) is 16.2. The molecule has 3 N–H and O–H groups in total. The van der Waals surface area contributed by atoms with Crippen LogP contribution in [0.15, 0.2) is 27.7 Å². The molecule has 1 heterocycles. The highest BCUT2D eigenvalue weighted by Crippen LogP contribution is 2.24. The highest BCUT2D eigenvalue weighted by atomic mass is 16.5. The Morgan fingerprint density at radius 1 is 1.30 bits per heavy atom. The monoisotopic (exact) mass is 312 g/mol. The van der Waals surface area contributed by atoms with Crippen molar-refractivity contribution in [2.24, 2.45) is 10.7 Å². The molecule has 0 amide bonds. The molecule has 0 aliphatic heterocycles. The van der Waals surface area contributed by atoms with Crippen molar-refractivity contribution in [3.8, 4) is 0 Å². The lowest BCUT2D eigenvalue weighted by molar-refractivity contribution is 0.392. The number of benzene rings is 1. The molecule has 0 bridgehead atoms. The first-order valence-corrected chi connectivity index (χ1v) is 8.24. The lowest BCUT2D eigenvalue weighted by Crippen LogP contribution is -2.23. The van der Waals surface area contributed by atoms with Crippen LogP contribution in [0.3, 0.4) is 0 Å². The number of nitrogens with zero attached hydrogens (tertiary/aromatic N) is 2. The molecule has 1 aromatic carbocycles. The van der Waals surface area contributed by atoms with E-state index < -0.39 is 0 Å². The van der Waals surface area contributed by atoms with Gasteiger partial charge in [-0.1, -0.05) is 11.2 Å². The van der Waals surface area contributed by atoms with E-state index in [4.69, 9.17) is 10.3 Å². The van der Waals surface area contributed by atoms with Crippen LogP contribution in [-0.4, -0.2) is 17.7 Å². The van der Waals surface area contributed by atoms with Crippen molar-refractivity contribution in [2.75, 3.05) is 11.9 Å². The first-order valence-electron chi connectivity index (χ1n) is 8.24. The largest absolute Gasteiger partial charge is 0.370 e. The van der Waals surface area contributed by atoms with Gasteiger partial charge >= 0.3 is 0 Å². The van der Waals surface area contributed by atoms with Gasteiger partial charge in [0.2, 0.25) is 0 Å². The van der Waals surface area contributed by atoms with Crippen LogP contribution in [0.4, 0.5) is 5.69 Å². The second kappa shape index (κ2) is 6.86. The number of aromatic nitrogens is 1. The lowest BCUT2D eigenvalue weighted by Gasteiger charge is -2.08. The molecule has 5 heteroatoms. The molecule has 23 heavy (non-hydrogen) atoms. The first kappa shape index (κ1) is 15.6. The van der Waals surface area contributed by atoms with Gasteiger partial charge in [0.25, 0.3) is 0 Å². The zero-order valence-electron chi connectivity index (χ0n) is 13.9. The fraction of sp³-hybridized carbons (Fsp3) is 0.444. The average Bonchev–Trinajstić information content (AvgIpc) is 3.11. The molecule has 0 unspecified atom stereocenters. The third-order valence-electron chi connectivity index (χ3n) is 4.42. The summed E-state index contributed by atoms with van der Waals surface area (Å²) in [5.74, 6) is 1.37. The molecule has 0 spiro atoms. The van der Waals surface area contributed by atoms with Gasteiger partial charge in [0, 0.05) is 17.8 Å². The molecule has 0 atom stereocenters. The number of fused-ring (bicyclic) bond motifs is 1. The Hall–Kier alpha value is -2.30. The third-order valence-corrected chi connectivity index (χ3v) is 4.42. The van der Waals surface area contributed by atoms with E-state index in [0.29, 0.717) is 12.5 Å². The van der Waals surface area contributed by atoms with Crippen molar-refractivity contribution >= 4 is 11.6 Å². The second-order valence-corrected chi connectivity index (χ2v) is 6.14. The first-order chi connectivity index (χ1) is 11.1. The van der Waals surface area contributed by atoms with E-state index in [0.717, 1.165) is 30.0 Å². The van der Waals surface area contributed by atoms with Gasteiger partial charge in [0.15, 0.2) is 5.96 Å². The summed E-state index contributed by atoms with van der Waals surface area (Å²) in [6.07, 6.45) is 5.45. The van der Waals surface area contributed by atoms with Crippen molar-refractivity contribution in [1.82, 2.24) is 5.16 Å². The van der Waals surface area contributed by atoms with Crippen molar-refractivity contribution in [1.29, 1.82) is 0 Å². The van der Waals surface area contributed by atoms with Crippen molar-refractivity contribution in [3.63, 3.8) is 0 Å². The van der Waals surface area contributed by atoms with E-state index in [1.54, 1.807) is 0 Å². The highest BCUT2D eigenvalue weighted by Gasteiger charge is 2.11. The van der Waals surface area contributed by atoms with E-state index in [1.165, 1.54) is 36.0 Å². The van der Waals surface area contributed by atoms with Crippen LogP contribution in [0.1, 0.15) is 41.0 Å². The van der Waals surface area contributed by atoms with E-state index in [1.807, 2.05) is 13.8 Å². The number of hydrogen-bond acceptors (Lipinski definition) is 3. The topological polar surface area (TPSA) is 76.4 Å². The van der Waals surface area contributed by atoms with Gasteiger partial charge in [-0.05, 0) is 69.2 Å². The number of anilines is 1. The molecular formula is C18H24N4O. The quantitative estimate of drug-likeness (QED) is 0.505. The summed E-state index contributed by atoms with van der Waals surface area (Å²) in [5.41, 5.74) is 12.1. The second-order valence-electron chi connectivity index (χ2n) is 6.14. The van der Waals surface area contributed by atoms with Gasteiger partial charge < -0.3 is 15.6 Å². The molecule has 0 fully saturated rings. The summed E-state index contributed by atoms with van der Waals surface area (Å²) in [7, 11) is 0. The van der Waals surface area contributed by atoms with Crippen LogP contribution in [0.5, 0.6) is 0 Å². The Balaban J connectivity index is 1.50. The van der Waals surface area contributed by atoms with Crippen molar-refractivity contribution < 1.29 is 4.52 Å². The molecule has 1 aromatic heterocycles. The smallest absolute Gasteiger partial charge is 0.193 e. The minimum absolute atomic E-state index is 0.474. The normalized spacial score (nSPS) is 14.1. The Bertz CT molecular complexity index is 698. The van der Waals surface area contributed by atoms with E-state index in [-0.39, 0.29) is 0 Å². The summed E-state index contributed by atoms with van der Waals surface area (Å²) in [6.45, 7) is 4.61. The van der Waals surface area contributed by atoms with Crippen LogP contribution in [0, 0.1) is 13.8 Å². The summed E-state index contributed by atoms with van der Waals surface area (Å²) in [5, 5.41) is 7.15. The Morgan fingerprint density at radius 2 is 2.13 bits per heavy atom. The number of nitrogens with one attached hydrogen (secondary N) is 1. The minimum Gasteiger partial charge on any atom is -0.370 e. The summed E-state index contributed by atoms with van der Waals surface area (Å²) < 4.78 is 5.17. The van der Waals surface area contributed by atoms with Gasteiger partial charge in [0.1, 0.15) is 5.76 Å². The molecule has 0 radical (unpaired) electrons. The maximum Gasteiger partial charge on any atom is 0.193 e. The number of aliphatic imine (C=N–C) groups is 1. The molecule has 5 nitrogen and oxygen atoms in total. The summed E-state index contributed by atoms with van der Waals surface area (Å²) in [6, 6.07) is 6.46. The van der Waals surface area contributed by atoms with Crippen molar-refractivity contribution in [2.45, 2.75) is 46.0 Å². The minimum atomic E-state index is 0.474. The molecule has 2 aromatic rings. The van der Waals surface area contributed by atoms with Gasteiger partial charge in [0.05, 0.1) is 5.69 Å². The standard InChI is InChI=1S/C18H24N4O/c1-12-17(13(2)23-22-12)7-4-10-20-18(19)21-16-9-8-14-5-3-6-15(14)11-16/h8-9,11H,3-7,10H2,1-2H3,(H3,19,20,21). The van der Waals surface area contributed by atoms with Crippen LogP contribution in [-0.2, 0) is 19.3 Å². The highest BCUT2D eigenvalue weighted by molar-refractivity contribution is 5.92. The summed E-state index contributed by atoms with van der Waals surface area (Å²) in [4.78, 5) is 4.40. The van der Waals surface area contributed by atoms with Crippen LogP contribution in [0.25, 0.3) is 0 Å². The number of aryl methyl sites for hydroxylation is 4. The lowest BCUT2D eigenvalue weighted by atomic mass is 10.1. The van der Waals surface area contributed by atoms with E-state index in [9.17, 15) is 0 Å². The maximum absolute atomic E-state index is 5.98. The van der Waals surface area contributed by atoms with Crippen LogP contribution < -0.4 is 11.1 Å². The van der Waals surface area contributed by atoms with Gasteiger partial charge in [-0.2, -0.15) is 0 Å². The number of guanidine groups is 1. The molecule has 1 aliphatic rings. The molecule has 3 rings (SSSR count). The summed E-state index contributed by atoms with van der Waals surface area (Å²) >= 11 is 0. The Labute approximate surface area is 137 Å². The van der Waals surface area contributed by atoms with E-state index in [2.05, 4.69) is 33.7 Å². The molecule has 1 aliphatic carbocycles. The molecular weight excluding hydrogens is 288 g/mol. The number of hydrogen-bond donors (Lipinski definition) is 2. The maximum atomic E-state index is 5.98. The number of nitrogens with two attached hydrogens (primary N) is 1. The fourth-order valence-electron chi connectivity index (χ4n) is 3.15. The Morgan fingerprint density at radius 3 is 2.91 bits per heavy atom. The average molecular weight is 312 g/mol.